The minimum absolute atomic E-state index is 0.343. The highest BCUT2D eigenvalue weighted by Gasteiger charge is 2.15. The molecule has 0 radical (unpaired) electrons. The van der Waals surface area contributed by atoms with Crippen LogP contribution in [0.25, 0.3) is 10.7 Å². The van der Waals surface area contributed by atoms with Gasteiger partial charge in [0.25, 0.3) is 0 Å². The molecule has 0 fully saturated rings. The van der Waals surface area contributed by atoms with Crippen molar-refractivity contribution in [2.45, 2.75) is 26.7 Å². The summed E-state index contributed by atoms with van der Waals surface area (Å²) in [5.74, 6) is 1.63. The van der Waals surface area contributed by atoms with E-state index in [0.717, 1.165) is 20.6 Å². The molecule has 0 unspecified atom stereocenters. The van der Waals surface area contributed by atoms with Gasteiger partial charge in [0.1, 0.15) is 5.82 Å². The SMILES string of the molecule is Cc1nc(-c2sccc2Br)nc(N)c1C(C)C. The minimum Gasteiger partial charge on any atom is -0.383 e. The molecular weight excluding hydrogens is 298 g/mol. The summed E-state index contributed by atoms with van der Waals surface area (Å²) in [6, 6.07) is 1.99. The Balaban J connectivity index is 2.57. The largest absolute Gasteiger partial charge is 0.383 e. The lowest BCUT2D eigenvalue weighted by molar-refractivity contribution is 0.836. The number of halogens is 1. The molecule has 2 heterocycles. The van der Waals surface area contributed by atoms with Crippen molar-refractivity contribution in [3.05, 3.63) is 27.2 Å². The number of hydrogen-bond acceptors (Lipinski definition) is 4. The van der Waals surface area contributed by atoms with Crippen molar-refractivity contribution in [1.82, 2.24) is 9.97 Å². The van der Waals surface area contributed by atoms with E-state index in [0.29, 0.717) is 17.6 Å². The number of aromatic nitrogens is 2. The summed E-state index contributed by atoms with van der Waals surface area (Å²) in [6.07, 6.45) is 0. The topological polar surface area (TPSA) is 51.8 Å². The van der Waals surface area contributed by atoms with Gasteiger partial charge in [-0.15, -0.1) is 11.3 Å². The Morgan fingerprint density at radius 3 is 2.53 bits per heavy atom. The summed E-state index contributed by atoms with van der Waals surface area (Å²) in [7, 11) is 0. The lowest BCUT2D eigenvalue weighted by Gasteiger charge is -2.12. The van der Waals surface area contributed by atoms with Crippen molar-refractivity contribution in [2.75, 3.05) is 5.73 Å². The van der Waals surface area contributed by atoms with Crippen LogP contribution in [0.5, 0.6) is 0 Å². The van der Waals surface area contributed by atoms with Crippen molar-refractivity contribution < 1.29 is 0 Å². The van der Waals surface area contributed by atoms with Crippen LogP contribution < -0.4 is 5.73 Å². The first kappa shape index (κ1) is 12.5. The molecule has 0 atom stereocenters. The molecule has 2 N–H and O–H groups in total. The first-order valence-electron chi connectivity index (χ1n) is 5.38. The van der Waals surface area contributed by atoms with Crippen LogP contribution in [0.2, 0.25) is 0 Å². The van der Waals surface area contributed by atoms with Crippen LogP contribution in [0, 0.1) is 6.92 Å². The van der Waals surface area contributed by atoms with Gasteiger partial charge in [-0.05, 0) is 40.2 Å². The first-order chi connectivity index (χ1) is 8.00. The summed E-state index contributed by atoms with van der Waals surface area (Å²) in [5, 5.41) is 2.00. The maximum Gasteiger partial charge on any atom is 0.173 e. The Labute approximate surface area is 113 Å². The fourth-order valence-corrected chi connectivity index (χ4v) is 3.35. The van der Waals surface area contributed by atoms with Gasteiger partial charge in [0.15, 0.2) is 5.82 Å². The molecule has 0 aliphatic rings. The zero-order valence-electron chi connectivity index (χ0n) is 9.99. The number of thiophene rings is 1. The van der Waals surface area contributed by atoms with E-state index in [9.17, 15) is 0 Å². The molecule has 0 saturated heterocycles. The Bertz CT molecular complexity index is 525. The van der Waals surface area contributed by atoms with Gasteiger partial charge in [0, 0.05) is 15.7 Å². The third-order valence-corrected chi connectivity index (χ3v) is 4.40. The molecule has 17 heavy (non-hydrogen) atoms. The van der Waals surface area contributed by atoms with E-state index in [1.54, 1.807) is 11.3 Å². The molecule has 0 aliphatic carbocycles. The predicted molar refractivity (Wildman–Crippen MR) is 76.3 cm³/mol. The summed E-state index contributed by atoms with van der Waals surface area (Å²) in [6.45, 7) is 6.18. The molecule has 0 aliphatic heterocycles. The third kappa shape index (κ3) is 2.35. The number of anilines is 1. The Morgan fingerprint density at radius 1 is 1.35 bits per heavy atom. The van der Waals surface area contributed by atoms with Crippen LogP contribution in [0.4, 0.5) is 5.82 Å². The van der Waals surface area contributed by atoms with Gasteiger partial charge in [0.2, 0.25) is 0 Å². The average molecular weight is 312 g/mol. The lowest BCUT2D eigenvalue weighted by atomic mass is 10.0. The fraction of sp³-hybridized carbons (Fsp3) is 0.333. The normalized spacial score (nSPS) is 11.1. The van der Waals surface area contributed by atoms with E-state index in [-0.39, 0.29) is 0 Å². The number of aryl methyl sites for hydroxylation is 1. The quantitative estimate of drug-likeness (QED) is 0.912. The standard InChI is InChI=1S/C12H14BrN3S/c1-6(2)9-7(3)15-12(16-11(9)14)10-8(13)4-5-17-10/h4-6H,1-3H3,(H2,14,15,16). The van der Waals surface area contributed by atoms with Gasteiger partial charge in [-0.1, -0.05) is 13.8 Å². The van der Waals surface area contributed by atoms with Crippen molar-refractivity contribution in [3.8, 4) is 10.7 Å². The van der Waals surface area contributed by atoms with Gasteiger partial charge in [0.05, 0.1) is 4.88 Å². The summed E-state index contributed by atoms with van der Waals surface area (Å²) >= 11 is 5.10. The van der Waals surface area contributed by atoms with E-state index in [1.807, 2.05) is 18.4 Å². The van der Waals surface area contributed by atoms with Gasteiger partial charge >= 0.3 is 0 Å². The third-order valence-electron chi connectivity index (χ3n) is 2.56. The Morgan fingerprint density at radius 2 is 2.06 bits per heavy atom. The van der Waals surface area contributed by atoms with E-state index >= 15 is 0 Å². The monoisotopic (exact) mass is 311 g/mol. The highest BCUT2D eigenvalue weighted by molar-refractivity contribution is 9.10. The fourth-order valence-electron chi connectivity index (χ4n) is 1.87. The summed E-state index contributed by atoms with van der Waals surface area (Å²) in [4.78, 5) is 9.98. The molecule has 5 heteroatoms. The van der Waals surface area contributed by atoms with E-state index in [4.69, 9.17) is 5.73 Å². The van der Waals surface area contributed by atoms with Crippen LogP contribution in [-0.2, 0) is 0 Å². The maximum atomic E-state index is 6.02. The van der Waals surface area contributed by atoms with E-state index < -0.39 is 0 Å². The molecule has 0 aromatic carbocycles. The second-order valence-corrected chi connectivity index (χ2v) is 5.95. The Hall–Kier alpha value is -0.940. The molecule has 0 amide bonds. The zero-order chi connectivity index (χ0) is 12.6. The van der Waals surface area contributed by atoms with Crippen molar-refractivity contribution in [3.63, 3.8) is 0 Å². The molecule has 2 aromatic heterocycles. The first-order valence-corrected chi connectivity index (χ1v) is 7.05. The van der Waals surface area contributed by atoms with Crippen molar-refractivity contribution in [1.29, 1.82) is 0 Å². The summed E-state index contributed by atoms with van der Waals surface area (Å²) < 4.78 is 1.01. The van der Waals surface area contributed by atoms with Gasteiger partial charge in [-0.3, -0.25) is 0 Å². The van der Waals surface area contributed by atoms with Gasteiger partial charge in [-0.25, -0.2) is 9.97 Å². The molecular formula is C12H14BrN3S. The number of rotatable bonds is 2. The molecule has 90 valence electrons. The number of nitrogens with two attached hydrogens (primary N) is 1. The Kier molecular flexibility index (Phi) is 3.49. The molecule has 3 nitrogen and oxygen atoms in total. The van der Waals surface area contributed by atoms with Crippen molar-refractivity contribution >= 4 is 33.1 Å². The number of hydrogen-bond donors (Lipinski definition) is 1. The van der Waals surface area contributed by atoms with E-state index in [1.165, 1.54) is 0 Å². The van der Waals surface area contributed by atoms with Gasteiger partial charge < -0.3 is 5.73 Å². The number of nitrogens with zero attached hydrogens (tertiary/aromatic N) is 2. The van der Waals surface area contributed by atoms with Gasteiger partial charge in [-0.2, -0.15) is 0 Å². The molecule has 0 spiro atoms. The maximum absolute atomic E-state index is 6.02. The van der Waals surface area contributed by atoms with Crippen LogP contribution in [-0.4, -0.2) is 9.97 Å². The second kappa shape index (κ2) is 4.74. The number of nitrogen functional groups attached to an aromatic ring is 1. The smallest absolute Gasteiger partial charge is 0.173 e. The predicted octanol–water partition coefficient (Wildman–Crippen LogP) is 3.98. The highest BCUT2D eigenvalue weighted by atomic mass is 79.9. The lowest BCUT2D eigenvalue weighted by Crippen LogP contribution is -2.06. The zero-order valence-corrected chi connectivity index (χ0v) is 12.4. The highest BCUT2D eigenvalue weighted by Crippen LogP contribution is 2.33. The van der Waals surface area contributed by atoms with Crippen LogP contribution in [0.1, 0.15) is 31.0 Å². The van der Waals surface area contributed by atoms with Crippen LogP contribution in [0.15, 0.2) is 15.9 Å². The summed E-state index contributed by atoms with van der Waals surface area (Å²) in [5.41, 5.74) is 8.02. The minimum atomic E-state index is 0.343. The van der Waals surface area contributed by atoms with Crippen molar-refractivity contribution in [2.24, 2.45) is 0 Å². The van der Waals surface area contributed by atoms with Crippen LogP contribution >= 0.6 is 27.3 Å². The molecule has 2 rings (SSSR count). The second-order valence-electron chi connectivity index (χ2n) is 4.18. The molecule has 0 bridgehead atoms. The van der Waals surface area contributed by atoms with Crippen LogP contribution in [0.3, 0.4) is 0 Å². The average Bonchev–Trinajstić information content (AvgIpc) is 2.62. The van der Waals surface area contributed by atoms with E-state index in [2.05, 4.69) is 39.7 Å². The molecule has 0 saturated carbocycles. The molecule has 2 aromatic rings.